The Hall–Kier alpha value is -4.11. The molecule has 0 saturated carbocycles. The monoisotopic (exact) mass is 494 g/mol. The van der Waals surface area contributed by atoms with E-state index >= 15 is 0 Å². The Morgan fingerprint density at radius 3 is 2.54 bits per heavy atom. The summed E-state index contributed by atoms with van der Waals surface area (Å²) in [7, 11) is 3.08. The second-order valence-corrected chi connectivity index (χ2v) is 8.13. The van der Waals surface area contributed by atoms with Gasteiger partial charge < -0.3 is 14.8 Å². The highest BCUT2D eigenvalue weighted by Gasteiger charge is 2.17. The second kappa shape index (κ2) is 10.4. The number of methoxy groups -OCH3 is 2. The molecule has 180 valence electrons. The molecule has 0 atom stereocenters. The zero-order chi connectivity index (χ0) is 24.9. The van der Waals surface area contributed by atoms with Crippen LogP contribution in [0.1, 0.15) is 5.56 Å². The first-order chi connectivity index (χ1) is 16.9. The SMILES string of the molecule is COc1ccc(CCn2c(=O)c3cccnc3n(CC(=O)Nc3cccc(Cl)c3)c2=O)cc1OC. The van der Waals surface area contributed by atoms with Crippen molar-refractivity contribution in [1.29, 1.82) is 0 Å². The number of carbonyl (C=O) groups is 1. The molecule has 0 radical (unpaired) electrons. The van der Waals surface area contributed by atoms with E-state index in [1.165, 1.54) is 17.9 Å². The van der Waals surface area contributed by atoms with Gasteiger partial charge in [-0.2, -0.15) is 0 Å². The first-order valence-corrected chi connectivity index (χ1v) is 11.1. The van der Waals surface area contributed by atoms with Crippen LogP contribution in [0.4, 0.5) is 5.69 Å². The van der Waals surface area contributed by atoms with E-state index < -0.39 is 17.2 Å². The molecule has 10 heteroatoms. The number of amides is 1. The summed E-state index contributed by atoms with van der Waals surface area (Å²) >= 11 is 5.98. The standard InChI is InChI=1S/C25H23ClN4O5/c1-34-20-9-8-16(13-21(20)35-2)10-12-29-24(32)19-7-4-11-27-23(19)30(25(29)33)15-22(31)28-18-6-3-5-17(26)14-18/h3-9,11,13-14H,10,12,15H2,1-2H3,(H,28,31). The molecule has 4 aromatic rings. The Balaban J connectivity index is 1.66. The summed E-state index contributed by atoms with van der Waals surface area (Å²) in [6.07, 6.45) is 1.86. The topological polar surface area (TPSA) is 104 Å². The number of hydrogen-bond donors (Lipinski definition) is 1. The van der Waals surface area contributed by atoms with Gasteiger partial charge in [0.25, 0.3) is 5.56 Å². The van der Waals surface area contributed by atoms with Crippen LogP contribution in [0.5, 0.6) is 11.5 Å². The number of nitrogens with zero attached hydrogens (tertiary/aromatic N) is 3. The summed E-state index contributed by atoms with van der Waals surface area (Å²) in [4.78, 5) is 43.4. The summed E-state index contributed by atoms with van der Waals surface area (Å²) in [6, 6.07) is 15.3. The number of rotatable bonds is 8. The summed E-state index contributed by atoms with van der Waals surface area (Å²) in [5.74, 6) is 0.680. The van der Waals surface area contributed by atoms with Gasteiger partial charge in [0.15, 0.2) is 11.5 Å². The summed E-state index contributed by atoms with van der Waals surface area (Å²) in [5.41, 5.74) is 0.402. The molecule has 0 aliphatic rings. The molecule has 2 heterocycles. The summed E-state index contributed by atoms with van der Waals surface area (Å²) < 4.78 is 12.9. The second-order valence-electron chi connectivity index (χ2n) is 7.70. The highest BCUT2D eigenvalue weighted by atomic mass is 35.5. The summed E-state index contributed by atoms with van der Waals surface area (Å²) in [5, 5.41) is 3.43. The van der Waals surface area contributed by atoms with E-state index in [-0.39, 0.29) is 24.1 Å². The lowest BCUT2D eigenvalue weighted by atomic mass is 10.1. The van der Waals surface area contributed by atoms with Crippen LogP contribution in [-0.4, -0.2) is 34.2 Å². The molecule has 9 nitrogen and oxygen atoms in total. The van der Waals surface area contributed by atoms with Gasteiger partial charge in [-0.05, 0) is 54.4 Å². The predicted molar refractivity (Wildman–Crippen MR) is 134 cm³/mol. The van der Waals surface area contributed by atoms with Crippen LogP contribution in [0.2, 0.25) is 5.02 Å². The first kappa shape index (κ1) is 24.0. The molecule has 0 spiro atoms. The molecule has 1 amide bonds. The number of hydrogen-bond acceptors (Lipinski definition) is 6. The fourth-order valence-corrected chi connectivity index (χ4v) is 3.96. The quantitative estimate of drug-likeness (QED) is 0.403. The largest absolute Gasteiger partial charge is 0.493 e. The van der Waals surface area contributed by atoms with Crippen LogP contribution in [0.25, 0.3) is 11.0 Å². The van der Waals surface area contributed by atoms with Crippen molar-refractivity contribution in [2.75, 3.05) is 19.5 Å². The van der Waals surface area contributed by atoms with Crippen LogP contribution in [0.3, 0.4) is 0 Å². The highest BCUT2D eigenvalue weighted by molar-refractivity contribution is 6.30. The van der Waals surface area contributed by atoms with Crippen LogP contribution in [-0.2, 0) is 24.3 Å². The molecule has 0 bridgehead atoms. The van der Waals surface area contributed by atoms with E-state index in [9.17, 15) is 14.4 Å². The third-order valence-corrected chi connectivity index (χ3v) is 5.70. The number of pyridine rings is 1. The molecule has 0 aliphatic heterocycles. The van der Waals surface area contributed by atoms with Crippen LogP contribution in [0, 0.1) is 0 Å². The van der Waals surface area contributed by atoms with E-state index in [1.807, 2.05) is 6.07 Å². The molecule has 1 N–H and O–H groups in total. The van der Waals surface area contributed by atoms with Crippen molar-refractivity contribution in [3.05, 3.63) is 92.2 Å². The summed E-state index contributed by atoms with van der Waals surface area (Å²) in [6.45, 7) is -0.219. The first-order valence-electron chi connectivity index (χ1n) is 10.8. The normalized spacial score (nSPS) is 10.8. The number of benzene rings is 2. The Kier molecular flexibility index (Phi) is 7.17. The van der Waals surface area contributed by atoms with Gasteiger partial charge in [-0.1, -0.05) is 23.7 Å². The molecule has 4 rings (SSSR count). The van der Waals surface area contributed by atoms with Crippen LogP contribution >= 0.6 is 11.6 Å². The van der Waals surface area contributed by atoms with Gasteiger partial charge in [0.05, 0.1) is 19.6 Å². The van der Waals surface area contributed by atoms with Crippen LogP contribution < -0.4 is 26.0 Å². The number of anilines is 1. The van der Waals surface area contributed by atoms with E-state index in [1.54, 1.807) is 55.6 Å². The van der Waals surface area contributed by atoms with E-state index in [0.29, 0.717) is 28.6 Å². The van der Waals surface area contributed by atoms with Crippen molar-refractivity contribution in [2.45, 2.75) is 19.5 Å². The number of carbonyl (C=O) groups excluding carboxylic acids is 1. The number of aromatic nitrogens is 3. The highest BCUT2D eigenvalue weighted by Crippen LogP contribution is 2.27. The average molecular weight is 495 g/mol. The minimum Gasteiger partial charge on any atom is -0.493 e. The Morgan fingerprint density at radius 2 is 1.80 bits per heavy atom. The molecule has 2 aromatic carbocycles. The third-order valence-electron chi connectivity index (χ3n) is 5.46. The fraction of sp³-hybridized carbons (Fsp3) is 0.200. The lowest BCUT2D eigenvalue weighted by molar-refractivity contribution is -0.116. The van der Waals surface area contributed by atoms with E-state index in [2.05, 4.69) is 10.3 Å². The van der Waals surface area contributed by atoms with Gasteiger partial charge in [-0.25, -0.2) is 9.78 Å². The number of ether oxygens (including phenoxy) is 2. The third kappa shape index (κ3) is 5.20. The van der Waals surface area contributed by atoms with Crippen molar-refractivity contribution in [3.8, 4) is 11.5 Å². The maximum atomic E-state index is 13.3. The van der Waals surface area contributed by atoms with Gasteiger partial charge in [0.2, 0.25) is 5.91 Å². The maximum absolute atomic E-state index is 13.3. The van der Waals surface area contributed by atoms with Crippen molar-refractivity contribution in [3.63, 3.8) is 0 Å². The van der Waals surface area contributed by atoms with Crippen molar-refractivity contribution < 1.29 is 14.3 Å². The van der Waals surface area contributed by atoms with E-state index in [4.69, 9.17) is 21.1 Å². The number of fused-ring (bicyclic) bond motifs is 1. The van der Waals surface area contributed by atoms with Crippen LogP contribution in [0.15, 0.2) is 70.4 Å². The molecular formula is C25H23ClN4O5. The van der Waals surface area contributed by atoms with Crippen molar-refractivity contribution in [1.82, 2.24) is 14.1 Å². The minimum atomic E-state index is -0.622. The zero-order valence-electron chi connectivity index (χ0n) is 19.2. The molecule has 35 heavy (non-hydrogen) atoms. The fourth-order valence-electron chi connectivity index (χ4n) is 3.77. The smallest absolute Gasteiger partial charge is 0.333 e. The Morgan fingerprint density at radius 1 is 1.00 bits per heavy atom. The van der Waals surface area contributed by atoms with Gasteiger partial charge >= 0.3 is 5.69 Å². The molecule has 2 aromatic heterocycles. The van der Waals surface area contributed by atoms with Gasteiger partial charge in [0, 0.05) is 23.5 Å². The Labute approximate surface area is 205 Å². The zero-order valence-corrected chi connectivity index (χ0v) is 19.9. The minimum absolute atomic E-state index is 0.105. The lowest BCUT2D eigenvalue weighted by Crippen LogP contribution is -2.42. The molecule has 0 unspecified atom stereocenters. The molecular weight excluding hydrogens is 472 g/mol. The number of nitrogens with one attached hydrogen (secondary N) is 1. The predicted octanol–water partition coefficient (Wildman–Crippen LogP) is 3.11. The van der Waals surface area contributed by atoms with E-state index in [0.717, 1.165) is 10.1 Å². The molecule has 0 aliphatic carbocycles. The molecule has 0 fully saturated rings. The van der Waals surface area contributed by atoms with Crippen molar-refractivity contribution in [2.24, 2.45) is 0 Å². The van der Waals surface area contributed by atoms with Gasteiger partial charge in [0.1, 0.15) is 12.2 Å². The maximum Gasteiger partial charge on any atom is 0.333 e. The van der Waals surface area contributed by atoms with Crippen molar-refractivity contribution >= 4 is 34.2 Å². The van der Waals surface area contributed by atoms with Gasteiger partial charge in [-0.15, -0.1) is 0 Å². The number of aryl methyl sites for hydroxylation is 1. The lowest BCUT2D eigenvalue weighted by Gasteiger charge is -2.14. The number of halogens is 1. The Bertz CT molecular complexity index is 1510. The van der Waals surface area contributed by atoms with Gasteiger partial charge in [-0.3, -0.25) is 18.7 Å². The average Bonchev–Trinajstić information content (AvgIpc) is 2.86. The molecule has 0 saturated heterocycles.